The van der Waals surface area contributed by atoms with Crippen LogP contribution in [0.2, 0.25) is 0 Å². The highest BCUT2D eigenvalue weighted by Crippen LogP contribution is 2.10. The van der Waals surface area contributed by atoms with Gasteiger partial charge in [0.25, 0.3) is 17.4 Å². The summed E-state index contributed by atoms with van der Waals surface area (Å²) >= 11 is 0. The van der Waals surface area contributed by atoms with Crippen LogP contribution in [0, 0.1) is 5.92 Å². The van der Waals surface area contributed by atoms with E-state index in [1.165, 1.54) is 35.4 Å². The van der Waals surface area contributed by atoms with Crippen molar-refractivity contribution in [2.45, 2.75) is 65.1 Å². The van der Waals surface area contributed by atoms with E-state index >= 15 is 0 Å². The Hall–Kier alpha value is -4.49. The summed E-state index contributed by atoms with van der Waals surface area (Å²) in [6.45, 7) is 5.43. The molecule has 40 heavy (non-hydrogen) atoms. The minimum absolute atomic E-state index is 0.119. The fraction of sp³-hybridized carbons (Fsp3) is 0.500. The lowest BCUT2D eigenvalue weighted by Gasteiger charge is -2.21. The molecule has 0 spiro atoms. The van der Waals surface area contributed by atoms with Crippen LogP contribution in [0.4, 0.5) is 5.69 Å². The normalized spacial score (nSPS) is 12.3. The number of primary amides is 1. The van der Waals surface area contributed by atoms with Crippen LogP contribution in [0.1, 0.15) is 56.9 Å². The van der Waals surface area contributed by atoms with E-state index in [4.69, 9.17) is 10.5 Å². The van der Waals surface area contributed by atoms with Gasteiger partial charge in [-0.15, -0.1) is 0 Å². The lowest BCUT2D eigenvalue weighted by Crippen LogP contribution is -2.46. The Kier molecular flexibility index (Phi) is 12.0. The number of aryl methyl sites for hydroxylation is 1. The number of carbonyl (C=O) groups is 5. The number of carbonyl (C=O) groups excluding carboxylic acids is 5. The molecule has 0 aliphatic rings. The summed E-state index contributed by atoms with van der Waals surface area (Å²) < 4.78 is 7.52. The molecule has 0 saturated heterocycles. The summed E-state index contributed by atoms with van der Waals surface area (Å²) in [5.41, 5.74) is 4.72. The first-order chi connectivity index (χ1) is 19.0. The number of pyridine rings is 1. The fourth-order valence-corrected chi connectivity index (χ4v) is 3.88. The maximum Gasteiger partial charge on any atom is 0.303 e. The molecule has 0 radical (unpaired) electrons. The SMILES string of the molecule is CCC(CC)CNC(=O)Cn1cccc(NC(=O)[C@H](CCC(OC(C)=O)C(N)=O)NC(=O)c2cncn2C)c1=O. The van der Waals surface area contributed by atoms with E-state index in [0.29, 0.717) is 12.5 Å². The van der Waals surface area contributed by atoms with Crippen molar-refractivity contribution in [3.05, 3.63) is 46.9 Å². The van der Waals surface area contributed by atoms with Gasteiger partial charge >= 0.3 is 5.97 Å². The smallest absolute Gasteiger partial charge is 0.303 e. The molecule has 0 saturated carbocycles. The van der Waals surface area contributed by atoms with Crippen molar-refractivity contribution < 1.29 is 28.7 Å². The van der Waals surface area contributed by atoms with E-state index in [-0.39, 0.29) is 36.7 Å². The molecule has 2 aromatic rings. The molecular weight excluding hydrogens is 522 g/mol. The molecule has 2 atom stereocenters. The molecule has 0 fully saturated rings. The van der Waals surface area contributed by atoms with Crippen molar-refractivity contribution in [2.75, 3.05) is 11.9 Å². The lowest BCUT2D eigenvalue weighted by atomic mass is 10.0. The van der Waals surface area contributed by atoms with E-state index in [0.717, 1.165) is 24.3 Å². The van der Waals surface area contributed by atoms with Gasteiger partial charge in [-0.05, 0) is 30.9 Å². The quantitative estimate of drug-likeness (QED) is 0.220. The summed E-state index contributed by atoms with van der Waals surface area (Å²) in [5, 5.41) is 7.86. The number of esters is 1. The zero-order valence-electron chi connectivity index (χ0n) is 23.1. The first-order valence-corrected chi connectivity index (χ1v) is 13.0. The Morgan fingerprint density at radius 2 is 1.82 bits per heavy atom. The maximum absolute atomic E-state index is 13.2. The molecule has 1 unspecified atom stereocenters. The standard InChI is InChI=1S/C26H37N7O7/c1-5-17(6-2)12-29-22(35)14-33-11-7-8-19(26(33)39)31-24(37)18(9-10-21(23(27)36)40-16(3)34)30-25(38)20-13-28-15-32(20)4/h7-8,11,13,15,17-18,21H,5-6,9-10,12,14H2,1-4H3,(H2,27,36)(H,29,35)(H,30,38)(H,31,37)/t18-,21?/m0/s1. The van der Waals surface area contributed by atoms with Crippen LogP contribution in [0.15, 0.2) is 35.6 Å². The van der Waals surface area contributed by atoms with Gasteiger partial charge in [-0.1, -0.05) is 26.7 Å². The first kappa shape index (κ1) is 31.7. The molecule has 0 aliphatic heterocycles. The van der Waals surface area contributed by atoms with Gasteiger partial charge in [0, 0.05) is 26.7 Å². The first-order valence-electron chi connectivity index (χ1n) is 13.0. The molecule has 2 aromatic heterocycles. The van der Waals surface area contributed by atoms with Crippen LogP contribution in [0.5, 0.6) is 0 Å². The maximum atomic E-state index is 13.2. The number of anilines is 1. The van der Waals surface area contributed by atoms with Crippen molar-refractivity contribution >= 4 is 35.3 Å². The van der Waals surface area contributed by atoms with Crippen molar-refractivity contribution in [3.8, 4) is 0 Å². The number of amides is 4. The third-order valence-electron chi connectivity index (χ3n) is 6.35. The van der Waals surface area contributed by atoms with E-state index in [1.807, 2.05) is 13.8 Å². The Morgan fingerprint density at radius 1 is 1.12 bits per heavy atom. The third-order valence-corrected chi connectivity index (χ3v) is 6.35. The second-order valence-electron chi connectivity index (χ2n) is 9.32. The molecule has 218 valence electrons. The Balaban J connectivity index is 2.20. The van der Waals surface area contributed by atoms with Crippen molar-refractivity contribution in [1.82, 2.24) is 24.8 Å². The van der Waals surface area contributed by atoms with Gasteiger partial charge in [0.1, 0.15) is 24.0 Å². The van der Waals surface area contributed by atoms with Gasteiger partial charge in [0.15, 0.2) is 6.10 Å². The molecule has 4 amide bonds. The molecule has 0 bridgehead atoms. The summed E-state index contributed by atoms with van der Waals surface area (Å²) in [6, 6.07) is 1.61. The zero-order valence-corrected chi connectivity index (χ0v) is 23.1. The number of rotatable bonds is 15. The van der Waals surface area contributed by atoms with Crippen molar-refractivity contribution in [3.63, 3.8) is 0 Å². The summed E-state index contributed by atoms with van der Waals surface area (Å²) in [5.74, 6) is -3.07. The summed E-state index contributed by atoms with van der Waals surface area (Å²) in [6.07, 6.45) is 4.31. The van der Waals surface area contributed by atoms with Gasteiger partial charge < -0.3 is 35.6 Å². The number of nitrogens with one attached hydrogen (secondary N) is 3. The molecule has 14 heteroatoms. The van der Waals surface area contributed by atoms with Gasteiger partial charge in [-0.3, -0.25) is 28.8 Å². The highest BCUT2D eigenvalue weighted by Gasteiger charge is 2.27. The van der Waals surface area contributed by atoms with Crippen LogP contribution in [0.3, 0.4) is 0 Å². The van der Waals surface area contributed by atoms with Gasteiger partial charge in [-0.2, -0.15) is 0 Å². The molecule has 2 heterocycles. The zero-order chi connectivity index (χ0) is 29.8. The molecule has 5 N–H and O–H groups in total. The number of nitrogens with two attached hydrogens (primary N) is 1. The molecule has 2 rings (SSSR count). The van der Waals surface area contributed by atoms with E-state index < -0.39 is 41.4 Å². The highest BCUT2D eigenvalue weighted by atomic mass is 16.5. The number of nitrogens with zero attached hydrogens (tertiary/aromatic N) is 3. The predicted molar refractivity (Wildman–Crippen MR) is 145 cm³/mol. The van der Waals surface area contributed by atoms with E-state index in [1.54, 1.807) is 7.05 Å². The van der Waals surface area contributed by atoms with Crippen LogP contribution >= 0.6 is 0 Å². The number of aromatic nitrogens is 3. The van der Waals surface area contributed by atoms with Crippen LogP contribution in [-0.2, 0) is 37.5 Å². The Bertz CT molecular complexity index is 1270. The minimum atomic E-state index is -1.33. The molecule has 0 aromatic carbocycles. The van der Waals surface area contributed by atoms with Gasteiger partial charge in [0.2, 0.25) is 11.8 Å². The number of hydrogen-bond donors (Lipinski definition) is 4. The van der Waals surface area contributed by atoms with Crippen molar-refractivity contribution in [2.24, 2.45) is 18.7 Å². The highest BCUT2D eigenvalue weighted by molar-refractivity contribution is 6.00. The largest absolute Gasteiger partial charge is 0.452 e. The number of ether oxygens (including phenoxy) is 1. The van der Waals surface area contributed by atoms with Crippen LogP contribution in [0.25, 0.3) is 0 Å². The summed E-state index contributed by atoms with van der Waals surface area (Å²) in [7, 11) is 1.59. The minimum Gasteiger partial charge on any atom is -0.452 e. The predicted octanol–water partition coefficient (Wildman–Crippen LogP) is 0.0685. The van der Waals surface area contributed by atoms with Crippen LogP contribution < -0.4 is 27.2 Å². The van der Waals surface area contributed by atoms with E-state index in [9.17, 15) is 28.8 Å². The molecule has 14 nitrogen and oxygen atoms in total. The number of hydrogen-bond acceptors (Lipinski definition) is 8. The van der Waals surface area contributed by atoms with Crippen LogP contribution in [-0.4, -0.2) is 62.4 Å². The lowest BCUT2D eigenvalue weighted by molar-refractivity contribution is -0.153. The third kappa shape index (κ3) is 9.36. The Morgan fingerprint density at radius 3 is 2.40 bits per heavy atom. The van der Waals surface area contributed by atoms with Crippen molar-refractivity contribution in [1.29, 1.82) is 0 Å². The topological polar surface area (TPSA) is 197 Å². The Labute approximate surface area is 231 Å². The fourth-order valence-electron chi connectivity index (χ4n) is 3.88. The molecular formula is C26H37N7O7. The average molecular weight is 560 g/mol. The molecule has 0 aliphatic carbocycles. The second kappa shape index (κ2) is 15.2. The average Bonchev–Trinajstić information content (AvgIpc) is 3.34. The van der Waals surface area contributed by atoms with Gasteiger partial charge in [0.05, 0.1) is 12.5 Å². The second-order valence-corrected chi connectivity index (χ2v) is 9.32. The van der Waals surface area contributed by atoms with Gasteiger partial charge in [-0.25, -0.2) is 4.98 Å². The monoisotopic (exact) mass is 559 g/mol. The number of imidazole rings is 1. The summed E-state index contributed by atoms with van der Waals surface area (Å²) in [4.78, 5) is 78.4. The van der Waals surface area contributed by atoms with E-state index in [2.05, 4.69) is 20.9 Å².